The largest absolute Gasteiger partial charge is 0.488 e. The molecule has 0 fully saturated rings. The number of carbonyl (C=O) groups is 1. The normalized spacial score (nSPS) is 15.9. The Morgan fingerprint density at radius 1 is 1.32 bits per heavy atom. The third kappa shape index (κ3) is 4.89. The number of allylic oxidation sites excluding steroid dienone is 2. The first-order chi connectivity index (χ1) is 14.8. The minimum atomic E-state index is -0.744. The van der Waals surface area contributed by atoms with Crippen molar-refractivity contribution in [1.29, 1.82) is 5.26 Å². The van der Waals surface area contributed by atoms with Crippen LogP contribution in [0.3, 0.4) is 0 Å². The van der Waals surface area contributed by atoms with Crippen LogP contribution in [-0.2, 0) is 20.9 Å². The minimum Gasteiger partial charge on any atom is -0.488 e. The molecule has 0 bridgehead atoms. The van der Waals surface area contributed by atoms with E-state index in [-0.39, 0.29) is 41.8 Å². The number of ether oxygens (including phenoxy) is 3. The van der Waals surface area contributed by atoms with Gasteiger partial charge in [0.05, 0.1) is 22.6 Å². The molecule has 2 aromatic rings. The van der Waals surface area contributed by atoms with Crippen LogP contribution < -0.4 is 10.5 Å². The van der Waals surface area contributed by atoms with Crippen LogP contribution in [-0.4, -0.2) is 12.6 Å². The molecule has 8 heteroatoms. The van der Waals surface area contributed by atoms with Crippen molar-refractivity contribution in [3.63, 3.8) is 0 Å². The van der Waals surface area contributed by atoms with Crippen LogP contribution in [0.1, 0.15) is 30.9 Å². The van der Waals surface area contributed by atoms with Crippen LogP contribution >= 0.6 is 15.9 Å². The number of rotatable bonds is 6. The van der Waals surface area contributed by atoms with Gasteiger partial charge in [0.1, 0.15) is 35.6 Å². The fourth-order valence-electron chi connectivity index (χ4n) is 3.29. The molecule has 2 N–H and O–H groups in total. The van der Waals surface area contributed by atoms with Crippen LogP contribution in [0.4, 0.5) is 4.39 Å². The molecule has 0 aliphatic carbocycles. The molecule has 31 heavy (non-hydrogen) atoms. The van der Waals surface area contributed by atoms with E-state index >= 15 is 0 Å². The Balaban J connectivity index is 1.93. The van der Waals surface area contributed by atoms with Gasteiger partial charge in [-0.25, -0.2) is 9.18 Å². The number of nitrogens with zero attached hydrogens (tertiary/aromatic N) is 1. The second-order valence-corrected chi connectivity index (χ2v) is 7.58. The highest BCUT2D eigenvalue weighted by Gasteiger charge is 2.36. The lowest BCUT2D eigenvalue weighted by molar-refractivity contribution is -0.139. The van der Waals surface area contributed by atoms with E-state index < -0.39 is 11.9 Å². The second kappa shape index (κ2) is 9.67. The standard InChI is InChI=1S/C23H20BrFN2O4/c1-3-29-23(28)20-13(2)31-22(27)17(11-26)21(20)15-7-8-19(18(24)10-15)30-12-14-5-4-6-16(25)9-14/h4-10,21H,3,12,27H2,1-2H3. The molecular formula is C23H20BrFN2O4. The monoisotopic (exact) mass is 486 g/mol. The van der Waals surface area contributed by atoms with Crippen molar-refractivity contribution in [2.75, 3.05) is 6.61 Å². The fraction of sp³-hybridized carbons (Fsp3) is 0.217. The van der Waals surface area contributed by atoms with Crippen molar-refractivity contribution in [3.8, 4) is 11.8 Å². The van der Waals surface area contributed by atoms with Gasteiger partial charge in [-0.15, -0.1) is 0 Å². The van der Waals surface area contributed by atoms with Gasteiger partial charge in [-0.05, 0) is 65.2 Å². The molecule has 0 radical (unpaired) electrons. The van der Waals surface area contributed by atoms with Crippen molar-refractivity contribution in [1.82, 2.24) is 0 Å². The highest BCUT2D eigenvalue weighted by molar-refractivity contribution is 9.10. The zero-order chi connectivity index (χ0) is 22.5. The number of esters is 1. The molecule has 0 aromatic heterocycles. The quantitative estimate of drug-likeness (QED) is 0.588. The molecule has 1 aliphatic heterocycles. The van der Waals surface area contributed by atoms with Crippen LogP contribution in [0.5, 0.6) is 5.75 Å². The Hall–Kier alpha value is -3.31. The second-order valence-electron chi connectivity index (χ2n) is 6.72. The number of hydrogen-bond donors (Lipinski definition) is 1. The summed E-state index contributed by atoms with van der Waals surface area (Å²) in [5, 5.41) is 9.66. The summed E-state index contributed by atoms with van der Waals surface area (Å²) in [6.45, 7) is 3.66. The maximum Gasteiger partial charge on any atom is 0.338 e. The predicted octanol–water partition coefficient (Wildman–Crippen LogP) is 4.81. The summed E-state index contributed by atoms with van der Waals surface area (Å²) in [4.78, 5) is 12.6. The summed E-state index contributed by atoms with van der Waals surface area (Å²) >= 11 is 3.47. The molecule has 0 saturated heterocycles. The Kier molecular flexibility index (Phi) is 6.98. The minimum absolute atomic E-state index is 0.0550. The van der Waals surface area contributed by atoms with Gasteiger partial charge in [0.25, 0.3) is 0 Å². The zero-order valence-corrected chi connectivity index (χ0v) is 18.5. The van der Waals surface area contributed by atoms with Crippen LogP contribution in [0.25, 0.3) is 0 Å². The summed E-state index contributed by atoms with van der Waals surface area (Å²) < 4.78 is 30.3. The van der Waals surface area contributed by atoms with Gasteiger partial charge in [-0.3, -0.25) is 0 Å². The van der Waals surface area contributed by atoms with Crippen molar-refractivity contribution >= 4 is 21.9 Å². The third-order valence-electron chi connectivity index (χ3n) is 4.67. The molecular weight excluding hydrogens is 467 g/mol. The first kappa shape index (κ1) is 22.4. The molecule has 160 valence electrons. The molecule has 3 rings (SSSR count). The molecule has 1 heterocycles. The molecule has 0 amide bonds. The number of carbonyl (C=O) groups excluding carboxylic acids is 1. The fourth-order valence-corrected chi connectivity index (χ4v) is 3.80. The number of benzene rings is 2. The van der Waals surface area contributed by atoms with Crippen LogP contribution in [0.2, 0.25) is 0 Å². The first-order valence-corrected chi connectivity index (χ1v) is 10.3. The van der Waals surface area contributed by atoms with Crippen molar-refractivity contribution in [3.05, 3.63) is 86.7 Å². The number of nitrogens with two attached hydrogens (primary N) is 1. The lowest BCUT2D eigenvalue weighted by Crippen LogP contribution is -2.25. The van der Waals surface area contributed by atoms with Gasteiger partial charge in [0.15, 0.2) is 0 Å². The maximum absolute atomic E-state index is 13.4. The summed E-state index contributed by atoms with van der Waals surface area (Å²) in [6, 6.07) is 13.4. The molecule has 6 nitrogen and oxygen atoms in total. The van der Waals surface area contributed by atoms with E-state index in [1.165, 1.54) is 12.1 Å². The Morgan fingerprint density at radius 3 is 2.74 bits per heavy atom. The average molecular weight is 487 g/mol. The Labute approximate surface area is 187 Å². The van der Waals surface area contributed by atoms with Gasteiger partial charge in [-0.2, -0.15) is 5.26 Å². The molecule has 0 spiro atoms. The molecule has 1 aliphatic rings. The summed E-state index contributed by atoms with van der Waals surface area (Å²) in [5.74, 6) is -0.909. The molecule has 0 saturated carbocycles. The van der Waals surface area contributed by atoms with Crippen molar-refractivity contribution in [2.45, 2.75) is 26.4 Å². The van der Waals surface area contributed by atoms with E-state index in [2.05, 4.69) is 15.9 Å². The molecule has 1 unspecified atom stereocenters. The van der Waals surface area contributed by atoms with Crippen LogP contribution in [0, 0.1) is 17.1 Å². The van der Waals surface area contributed by atoms with Crippen molar-refractivity contribution in [2.24, 2.45) is 5.73 Å². The van der Waals surface area contributed by atoms with Crippen molar-refractivity contribution < 1.29 is 23.4 Å². The molecule has 2 aromatic carbocycles. The molecule has 1 atom stereocenters. The lowest BCUT2D eigenvalue weighted by atomic mass is 9.83. The third-order valence-corrected chi connectivity index (χ3v) is 5.29. The van der Waals surface area contributed by atoms with E-state index in [9.17, 15) is 14.4 Å². The van der Waals surface area contributed by atoms with E-state index in [1.54, 1.807) is 44.2 Å². The van der Waals surface area contributed by atoms with E-state index in [1.807, 2.05) is 6.07 Å². The van der Waals surface area contributed by atoms with E-state index in [0.29, 0.717) is 21.3 Å². The van der Waals surface area contributed by atoms with Gasteiger partial charge in [0, 0.05) is 0 Å². The highest BCUT2D eigenvalue weighted by Crippen LogP contribution is 2.41. The average Bonchev–Trinajstić information content (AvgIpc) is 2.72. The van der Waals surface area contributed by atoms with E-state index in [0.717, 1.165) is 0 Å². The number of nitriles is 1. The summed E-state index contributed by atoms with van der Waals surface area (Å²) in [7, 11) is 0. The summed E-state index contributed by atoms with van der Waals surface area (Å²) in [5.41, 5.74) is 7.57. The topological polar surface area (TPSA) is 94.6 Å². The Bertz CT molecular complexity index is 1120. The number of hydrogen-bond acceptors (Lipinski definition) is 6. The Morgan fingerprint density at radius 2 is 2.10 bits per heavy atom. The van der Waals surface area contributed by atoms with Gasteiger partial charge < -0.3 is 19.9 Å². The van der Waals surface area contributed by atoms with Gasteiger partial charge >= 0.3 is 5.97 Å². The van der Waals surface area contributed by atoms with E-state index in [4.69, 9.17) is 19.9 Å². The lowest BCUT2D eigenvalue weighted by Gasteiger charge is -2.27. The smallest absolute Gasteiger partial charge is 0.338 e. The maximum atomic E-state index is 13.4. The highest BCUT2D eigenvalue weighted by atomic mass is 79.9. The zero-order valence-electron chi connectivity index (χ0n) is 16.9. The van der Waals surface area contributed by atoms with Crippen LogP contribution in [0.15, 0.2) is 69.7 Å². The SMILES string of the molecule is CCOC(=O)C1=C(C)OC(N)=C(C#N)C1c1ccc(OCc2cccc(F)c2)c(Br)c1. The summed E-state index contributed by atoms with van der Waals surface area (Å²) in [6.07, 6.45) is 0. The van der Waals surface area contributed by atoms with Gasteiger partial charge in [-0.1, -0.05) is 18.2 Å². The van der Waals surface area contributed by atoms with Gasteiger partial charge in [0.2, 0.25) is 5.88 Å². The number of halogens is 2. The first-order valence-electron chi connectivity index (χ1n) is 9.47. The predicted molar refractivity (Wildman–Crippen MR) is 115 cm³/mol.